The first kappa shape index (κ1) is 14.9. The Hall–Kier alpha value is -1.46. The average Bonchev–Trinajstić information content (AvgIpc) is 2.90. The molecule has 114 valence electrons. The Balaban J connectivity index is 1.67. The Labute approximate surface area is 122 Å². The zero-order valence-corrected chi connectivity index (χ0v) is 13.3. The van der Waals surface area contributed by atoms with E-state index < -0.39 is 0 Å². The molecule has 2 rings (SSSR count). The smallest absolute Gasteiger partial charge is 0.196 e. The molecule has 2 fully saturated rings. The zero-order valence-electron chi connectivity index (χ0n) is 13.3. The van der Waals surface area contributed by atoms with Crippen LogP contribution in [0.5, 0.6) is 0 Å². The van der Waals surface area contributed by atoms with E-state index in [9.17, 15) is 0 Å². The molecule has 2 saturated heterocycles. The van der Waals surface area contributed by atoms with Crippen LogP contribution in [0.3, 0.4) is 0 Å². The van der Waals surface area contributed by atoms with Crippen molar-refractivity contribution in [3.63, 3.8) is 0 Å². The van der Waals surface area contributed by atoms with E-state index in [-0.39, 0.29) is 0 Å². The van der Waals surface area contributed by atoms with Gasteiger partial charge in [0.1, 0.15) is 0 Å². The maximum Gasteiger partial charge on any atom is 0.196 e. The van der Waals surface area contributed by atoms with Gasteiger partial charge in [-0.3, -0.25) is 9.98 Å². The molecule has 0 spiro atoms. The third-order valence-electron chi connectivity index (χ3n) is 3.98. The number of nitrogens with zero attached hydrogens (tertiary/aromatic N) is 6. The number of rotatable bonds is 5. The molecular weight excluding hydrogens is 252 g/mol. The Morgan fingerprint density at radius 3 is 1.25 bits per heavy atom. The van der Waals surface area contributed by atoms with Gasteiger partial charge in [0.25, 0.3) is 0 Å². The van der Waals surface area contributed by atoms with E-state index in [0.717, 1.165) is 64.0 Å². The van der Waals surface area contributed by atoms with Gasteiger partial charge in [0.05, 0.1) is 0 Å². The first-order valence-corrected chi connectivity index (χ1v) is 7.53. The molecule has 0 aromatic rings. The molecule has 0 aromatic carbocycles. The molecule has 0 bridgehead atoms. The predicted molar refractivity (Wildman–Crippen MR) is 84.4 cm³/mol. The Kier molecular flexibility index (Phi) is 5.09. The minimum Gasteiger partial charge on any atom is -0.344 e. The zero-order chi connectivity index (χ0) is 14.5. The molecule has 2 aliphatic heterocycles. The lowest BCUT2D eigenvalue weighted by molar-refractivity contribution is 0.553. The summed E-state index contributed by atoms with van der Waals surface area (Å²) in [6.07, 6.45) is 2.21. The van der Waals surface area contributed by atoms with Gasteiger partial charge < -0.3 is 19.6 Å². The molecule has 6 nitrogen and oxygen atoms in total. The summed E-state index contributed by atoms with van der Waals surface area (Å²) in [6, 6.07) is 0. The van der Waals surface area contributed by atoms with Crippen LogP contribution in [0.15, 0.2) is 9.98 Å². The van der Waals surface area contributed by atoms with E-state index in [2.05, 4.69) is 57.8 Å². The van der Waals surface area contributed by atoms with E-state index in [1.165, 1.54) is 0 Å². The van der Waals surface area contributed by atoms with Gasteiger partial charge in [0.15, 0.2) is 11.9 Å². The lowest BCUT2D eigenvalue weighted by Crippen LogP contribution is -2.28. The van der Waals surface area contributed by atoms with Gasteiger partial charge in [0.2, 0.25) is 0 Å². The fourth-order valence-corrected chi connectivity index (χ4v) is 2.65. The minimum atomic E-state index is 0.903. The summed E-state index contributed by atoms with van der Waals surface area (Å²) in [5.41, 5.74) is 0. The van der Waals surface area contributed by atoms with Crippen LogP contribution in [0.4, 0.5) is 0 Å². The summed E-state index contributed by atoms with van der Waals surface area (Å²) >= 11 is 0. The summed E-state index contributed by atoms with van der Waals surface area (Å²) < 4.78 is 0. The molecule has 0 atom stereocenters. The molecule has 0 radical (unpaired) electrons. The number of aliphatic imine (C=N–C) groups is 2. The van der Waals surface area contributed by atoms with Crippen LogP contribution >= 0.6 is 0 Å². The summed E-state index contributed by atoms with van der Waals surface area (Å²) in [6.45, 7) is 6.15. The monoisotopic (exact) mass is 280 g/mol. The molecule has 0 amide bonds. The van der Waals surface area contributed by atoms with Crippen LogP contribution in [0.25, 0.3) is 0 Å². The second-order valence-corrected chi connectivity index (χ2v) is 5.76. The van der Waals surface area contributed by atoms with Gasteiger partial charge >= 0.3 is 0 Å². The highest BCUT2D eigenvalue weighted by Crippen LogP contribution is 2.06. The molecule has 0 aromatic heterocycles. The van der Waals surface area contributed by atoms with Crippen molar-refractivity contribution in [2.24, 2.45) is 9.98 Å². The molecule has 6 heteroatoms. The Morgan fingerprint density at radius 1 is 0.650 bits per heavy atom. The molecule has 20 heavy (non-hydrogen) atoms. The summed E-state index contributed by atoms with van der Waals surface area (Å²) in [7, 11) is 8.44. The van der Waals surface area contributed by atoms with Gasteiger partial charge in [0, 0.05) is 67.5 Å². The van der Waals surface area contributed by atoms with Crippen molar-refractivity contribution in [1.29, 1.82) is 0 Å². The Morgan fingerprint density at radius 2 is 0.950 bits per heavy atom. The van der Waals surface area contributed by atoms with Crippen molar-refractivity contribution in [2.75, 3.05) is 67.5 Å². The molecule has 0 unspecified atom stereocenters. The summed E-state index contributed by atoms with van der Waals surface area (Å²) in [5.74, 6) is 2.26. The highest BCUT2D eigenvalue weighted by Gasteiger charge is 2.19. The maximum atomic E-state index is 4.68. The maximum absolute atomic E-state index is 4.68. The van der Waals surface area contributed by atoms with Crippen LogP contribution < -0.4 is 0 Å². The topological polar surface area (TPSA) is 37.7 Å². The second kappa shape index (κ2) is 6.81. The average molecular weight is 280 g/mol. The van der Waals surface area contributed by atoms with Gasteiger partial charge in [-0.2, -0.15) is 0 Å². The van der Waals surface area contributed by atoms with Crippen LogP contribution in [0, 0.1) is 0 Å². The number of hydrogen-bond donors (Lipinski definition) is 0. The minimum absolute atomic E-state index is 0.903. The van der Waals surface area contributed by atoms with Crippen molar-refractivity contribution in [3.8, 4) is 0 Å². The van der Waals surface area contributed by atoms with Gasteiger partial charge in [-0.25, -0.2) is 0 Å². The lowest BCUT2D eigenvalue weighted by atomic mass is 10.3. The first-order chi connectivity index (χ1) is 9.59. The number of unbranched alkanes of at least 4 members (excludes halogenated alkanes) is 1. The number of guanidine groups is 2. The molecule has 0 saturated carbocycles. The van der Waals surface area contributed by atoms with E-state index >= 15 is 0 Å². The van der Waals surface area contributed by atoms with Crippen LogP contribution in [-0.4, -0.2) is 99.0 Å². The quantitative estimate of drug-likeness (QED) is 0.676. The third-order valence-corrected chi connectivity index (χ3v) is 3.98. The van der Waals surface area contributed by atoms with Crippen molar-refractivity contribution in [1.82, 2.24) is 19.6 Å². The molecule has 2 aliphatic rings. The fourth-order valence-electron chi connectivity index (χ4n) is 2.65. The third kappa shape index (κ3) is 3.55. The largest absolute Gasteiger partial charge is 0.344 e. The van der Waals surface area contributed by atoms with E-state index in [1.807, 2.05) is 0 Å². The Bertz CT molecular complexity index is 318. The highest BCUT2D eigenvalue weighted by molar-refractivity contribution is 5.81. The van der Waals surface area contributed by atoms with Crippen molar-refractivity contribution in [2.45, 2.75) is 12.8 Å². The van der Waals surface area contributed by atoms with Crippen LogP contribution in [0.2, 0.25) is 0 Å². The molecule has 0 aliphatic carbocycles. The van der Waals surface area contributed by atoms with Crippen molar-refractivity contribution < 1.29 is 0 Å². The van der Waals surface area contributed by atoms with Gasteiger partial charge in [-0.15, -0.1) is 0 Å². The normalized spacial score (nSPS) is 19.4. The molecule has 2 heterocycles. The first-order valence-electron chi connectivity index (χ1n) is 7.53. The number of hydrogen-bond acceptors (Lipinski definition) is 2. The summed E-state index contributed by atoms with van der Waals surface area (Å²) in [5, 5.41) is 0. The van der Waals surface area contributed by atoms with Crippen molar-refractivity contribution in [3.05, 3.63) is 0 Å². The van der Waals surface area contributed by atoms with Gasteiger partial charge in [-0.05, 0) is 12.8 Å². The van der Waals surface area contributed by atoms with Crippen molar-refractivity contribution >= 4 is 11.9 Å². The highest BCUT2D eigenvalue weighted by atomic mass is 15.4. The van der Waals surface area contributed by atoms with E-state index in [0.29, 0.717) is 0 Å². The predicted octanol–water partition coefficient (Wildman–Crippen LogP) is 0.233. The standard InChI is InChI=1S/C14H28N6/c1-17-9-10-18(2)13(17)15-7-5-6-8-16-14-19(3)11-12-20(14)4/h5-12H2,1-4H3. The van der Waals surface area contributed by atoms with Crippen LogP contribution in [0.1, 0.15) is 12.8 Å². The van der Waals surface area contributed by atoms with E-state index in [1.54, 1.807) is 0 Å². The molecule has 0 N–H and O–H groups in total. The lowest BCUT2D eigenvalue weighted by Gasteiger charge is -2.16. The second-order valence-electron chi connectivity index (χ2n) is 5.76. The molecular formula is C14H28N6. The van der Waals surface area contributed by atoms with Gasteiger partial charge in [-0.1, -0.05) is 0 Å². The summed E-state index contributed by atoms with van der Waals surface area (Å²) in [4.78, 5) is 18.3. The van der Waals surface area contributed by atoms with E-state index in [4.69, 9.17) is 0 Å². The van der Waals surface area contributed by atoms with Crippen LogP contribution in [-0.2, 0) is 0 Å². The SMILES string of the molecule is CN1CCN(C)C1=NCCCCN=C1N(C)CCN1C. The number of likely N-dealkylation sites (N-methyl/N-ethyl adjacent to an activating group) is 4. The fraction of sp³-hybridized carbons (Fsp3) is 0.857.